The third-order valence-corrected chi connectivity index (χ3v) is 4.87. The smallest absolute Gasteiger partial charge is 0.335 e. The second-order valence-electron chi connectivity index (χ2n) is 6.02. The van der Waals surface area contributed by atoms with Gasteiger partial charge in [0.15, 0.2) is 0 Å². The maximum Gasteiger partial charge on any atom is 0.335 e. The molecule has 4 nitrogen and oxygen atoms in total. The summed E-state index contributed by atoms with van der Waals surface area (Å²) in [6, 6.07) is 5.62. The van der Waals surface area contributed by atoms with E-state index in [0.717, 1.165) is 23.3 Å². The van der Waals surface area contributed by atoms with Crippen molar-refractivity contribution in [2.75, 3.05) is 0 Å². The summed E-state index contributed by atoms with van der Waals surface area (Å²) in [6.45, 7) is 6.59. The van der Waals surface area contributed by atoms with Crippen LogP contribution in [0.5, 0.6) is 0 Å². The Morgan fingerprint density at radius 3 is 2.70 bits per heavy atom. The lowest BCUT2D eigenvalue weighted by Gasteiger charge is -2.22. The van der Waals surface area contributed by atoms with Gasteiger partial charge in [-0.1, -0.05) is 13.8 Å². The van der Waals surface area contributed by atoms with Gasteiger partial charge in [0.2, 0.25) is 0 Å². The van der Waals surface area contributed by atoms with E-state index in [9.17, 15) is 9.90 Å². The minimum atomic E-state index is -0.884. The predicted octanol–water partition coefficient (Wildman–Crippen LogP) is 3.65. The molecule has 1 N–H and O–H groups in total. The number of fused-ring (bicyclic) bond motifs is 1. The molecule has 0 radical (unpaired) electrons. The lowest BCUT2D eigenvalue weighted by atomic mass is 9.97. The first-order valence-electron chi connectivity index (χ1n) is 7.21. The van der Waals surface area contributed by atoms with Gasteiger partial charge in [0.25, 0.3) is 0 Å². The Morgan fingerprint density at radius 2 is 2.10 bits per heavy atom. The molecule has 1 saturated carbocycles. The molecule has 2 aromatic rings. The Bertz CT molecular complexity index is 674. The van der Waals surface area contributed by atoms with E-state index >= 15 is 0 Å². The standard InChI is InChI=1S/C16H20N2O2/c1-9-4-7-14(10(9)2)18-11(3)17-13-6-5-12(16(19)20)8-15(13)18/h5-6,8-10,14H,4,7H2,1-3H3,(H,19,20). The normalized spacial score (nSPS) is 26.2. The largest absolute Gasteiger partial charge is 0.478 e. The van der Waals surface area contributed by atoms with E-state index in [2.05, 4.69) is 23.4 Å². The maximum atomic E-state index is 11.2. The van der Waals surface area contributed by atoms with Crippen LogP contribution < -0.4 is 0 Å². The molecular weight excluding hydrogens is 252 g/mol. The third kappa shape index (κ3) is 1.90. The number of aromatic nitrogens is 2. The number of carboxylic acid groups (broad SMARTS) is 1. The highest BCUT2D eigenvalue weighted by atomic mass is 16.4. The topological polar surface area (TPSA) is 55.1 Å². The Hall–Kier alpha value is -1.84. The SMILES string of the molecule is Cc1nc2ccc(C(=O)O)cc2n1C1CCC(C)C1C. The van der Waals surface area contributed by atoms with Crippen LogP contribution >= 0.6 is 0 Å². The fourth-order valence-electron chi connectivity index (χ4n) is 3.47. The first-order valence-corrected chi connectivity index (χ1v) is 7.21. The minimum absolute atomic E-state index is 0.331. The fourth-order valence-corrected chi connectivity index (χ4v) is 3.47. The quantitative estimate of drug-likeness (QED) is 0.907. The minimum Gasteiger partial charge on any atom is -0.478 e. The number of nitrogens with zero attached hydrogens (tertiary/aromatic N) is 2. The summed E-state index contributed by atoms with van der Waals surface area (Å²) in [6.07, 6.45) is 2.37. The molecule has 1 aromatic heterocycles. The molecule has 0 bridgehead atoms. The lowest BCUT2D eigenvalue weighted by molar-refractivity contribution is 0.0697. The molecule has 0 saturated heterocycles. The van der Waals surface area contributed by atoms with Crippen molar-refractivity contribution in [2.24, 2.45) is 11.8 Å². The van der Waals surface area contributed by atoms with E-state index in [1.54, 1.807) is 12.1 Å². The van der Waals surface area contributed by atoms with Gasteiger partial charge in [0.1, 0.15) is 5.82 Å². The van der Waals surface area contributed by atoms with Crippen molar-refractivity contribution >= 4 is 17.0 Å². The van der Waals surface area contributed by atoms with Crippen LogP contribution in [0.2, 0.25) is 0 Å². The first-order chi connectivity index (χ1) is 9.49. The fraction of sp³-hybridized carbons (Fsp3) is 0.500. The molecule has 1 fully saturated rings. The van der Waals surface area contributed by atoms with Gasteiger partial charge in [-0.25, -0.2) is 9.78 Å². The number of benzene rings is 1. The monoisotopic (exact) mass is 272 g/mol. The zero-order valence-corrected chi connectivity index (χ0v) is 12.1. The van der Waals surface area contributed by atoms with Crippen LogP contribution in [0.4, 0.5) is 0 Å². The van der Waals surface area contributed by atoms with Crippen molar-refractivity contribution in [3.63, 3.8) is 0 Å². The van der Waals surface area contributed by atoms with Crippen molar-refractivity contribution in [1.29, 1.82) is 0 Å². The summed E-state index contributed by atoms with van der Waals surface area (Å²) in [7, 11) is 0. The van der Waals surface area contributed by atoms with Gasteiger partial charge < -0.3 is 9.67 Å². The van der Waals surface area contributed by atoms with Crippen LogP contribution in [-0.4, -0.2) is 20.6 Å². The molecule has 3 rings (SSSR count). The molecule has 4 heteroatoms. The average molecular weight is 272 g/mol. The van der Waals surface area contributed by atoms with Crippen LogP contribution in [0.1, 0.15) is 48.9 Å². The number of aromatic carboxylic acids is 1. The highest BCUT2D eigenvalue weighted by molar-refractivity contribution is 5.92. The molecule has 3 unspecified atom stereocenters. The summed E-state index contributed by atoms with van der Waals surface area (Å²) >= 11 is 0. The number of carbonyl (C=O) groups is 1. The summed E-state index contributed by atoms with van der Waals surface area (Å²) in [5, 5.41) is 9.17. The number of carboxylic acids is 1. The van der Waals surface area contributed by atoms with Crippen LogP contribution in [0.3, 0.4) is 0 Å². The van der Waals surface area contributed by atoms with E-state index in [-0.39, 0.29) is 0 Å². The van der Waals surface area contributed by atoms with Gasteiger partial charge >= 0.3 is 5.97 Å². The third-order valence-electron chi connectivity index (χ3n) is 4.87. The second kappa shape index (κ2) is 4.62. The molecule has 0 aliphatic heterocycles. The molecule has 106 valence electrons. The van der Waals surface area contributed by atoms with Crippen molar-refractivity contribution in [3.05, 3.63) is 29.6 Å². The molecule has 1 aromatic carbocycles. The van der Waals surface area contributed by atoms with E-state index in [1.807, 2.05) is 13.0 Å². The number of imidazole rings is 1. The first kappa shape index (κ1) is 13.2. The number of rotatable bonds is 2. The molecule has 3 atom stereocenters. The van der Waals surface area contributed by atoms with Crippen LogP contribution in [0.25, 0.3) is 11.0 Å². The zero-order chi connectivity index (χ0) is 14.4. The van der Waals surface area contributed by atoms with E-state index in [4.69, 9.17) is 0 Å². The predicted molar refractivity (Wildman–Crippen MR) is 78.0 cm³/mol. The van der Waals surface area contributed by atoms with Gasteiger partial charge in [-0.2, -0.15) is 0 Å². The zero-order valence-electron chi connectivity index (χ0n) is 12.1. The van der Waals surface area contributed by atoms with E-state index in [0.29, 0.717) is 23.4 Å². The molecule has 1 aliphatic carbocycles. The van der Waals surface area contributed by atoms with Gasteiger partial charge in [0, 0.05) is 6.04 Å². The second-order valence-corrected chi connectivity index (χ2v) is 6.02. The summed E-state index contributed by atoms with van der Waals surface area (Å²) in [5.41, 5.74) is 2.17. The van der Waals surface area contributed by atoms with Gasteiger partial charge in [0.05, 0.1) is 16.6 Å². The molecule has 0 spiro atoms. The Balaban J connectivity index is 2.16. The van der Waals surface area contributed by atoms with E-state index < -0.39 is 5.97 Å². The van der Waals surface area contributed by atoms with Crippen molar-refractivity contribution < 1.29 is 9.90 Å². The number of hydrogen-bond donors (Lipinski definition) is 1. The molecule has 20 heavy (non-hydrogen) atoms. The van der Waals surface area contributed by atoms with Crippen LogP contribution in [0.15, 0.2) is 18.2 Å². The molecule has 0 amide bonds. The van der Waals surface area contributed by atoms with Gasteiger partial charge in [-0.15, -0.1) is 0 Å². The Labute approximate surface area is 118 Å². The number of hydrogen-bond acceptors (Lipinski definition) is 2. The maximum absolute atomic E-state index is 11.2. The summed E-state index contributed by atoms with van der Waals surface area (Å²) in [5.74, 6) is 1.40. The van der Waals surface area contributed by atoms with Crippen molar-refractivity contribution in [3.8, 4) is 0 Å². The lowest BCUT2D eigenvalue weighted by Crippen LogP contribution is -2.15. The van der Waals surface area contributed by atoms with Gasteiger partial charge in [-0.05, 0) is 49.8 Å². The van der Waals surface area contributed by atoms with E-state index in [1.165, 1.54) is 6.42 Å². The van der Waals surface area contributed by atoms with Crippen molar-refractivity contribution in [1.82, 2.24) is 9.55 Å². The summed E-state index contributed by atoms with van der Waals surface area (Å²) in [4.78, 5) is 15.8. The highest BCUT2D eigenvalue weighted by Gasteiger charge is 2.32. The molecular formula is C16H20N2O2. The molecule has 1 aliphatic rings. The summed E-state index contributed by atoms with van der Waals surface area (Å²) < 4.78 is 2.25. The van der Waals surface area contributed by atoms with Crippen LogP contribution in [0, 0.1) is 18.8 Å². The number of aryl methyl sites for hydroxylation is 1. The Kier molecular flexibility index (Phi) is 3.04. The average Bonchev–Trinajstić information content (AvgIpc) is 2.89. The van der Waals surface area contributed by atoms with Gasteiger partial charge in [-0.3, -0.25) is 0 Å². The van der Waals surface area contributed by atoms with Crippen molar-refractivity contribution in [2.45, 2.75) is 39.7 Å². The van der Waals surface area contributed by atoms with Crippen LogP contribution in [-0.2, 0) is 0 Å². The Morgan fingerprint density at radius 1 is 1.35 bits per heavy atom. The highest BCUT2D eigenvalue weighted by Crippen LogP contribution is 2.41. The molecule has 1 heterocycles.